The van der Waals surface area contributed by atoms with Crippen LogP contribution in [-0.4, -0.2) is 4.57 Å². The predicted octanol–water partition coefficient (Wildman–Crippen LogP) is 10.3. The van der Waals surface area contributed by atoms with E-state index < -0.39 is 0 Å². The molecule has 8 aromatic rings. The molecule has 40 heavy (non-hydrogen) atoms. The Labute approximate surface area is 232 Å². The maximum atomic E-state index is 2.51. The molecule has 1 aliphatic rings. The molecular weight excluding hydrogens is 482 g/mol. The van der Waals surface area contributed by atoms with E-state index in [1.165, 1.54) is 76.9 Å². The molecule has 0 spiro atoms. The third-order valence-corrected chi connectivity index (χ3v) is 8.84. The largest absolute Gasteiger partial charge is 0.309 e. The molecule has 1 atom stereocenters. The van der Waals surface area contributed by atoms with Gasteiger partial charge in [-0.3, -0.25) is 0 Å². The van der Waals surface area contributed by atoms with Gasteiger partial charge in [0.25, 0.3) is 0 Å². The van der Waals surface area contributed by atoms with Gasteiger partial charge in [-0.1, -0.05) is 127 Å². The van der Waals surface area contributed by atoms with Crippen LogP contribution in [0.3, 0.4) is 0 Å². The first-order valence-corrected chi connectivity index (χ1v) is 14.0. The highest BCUT2D eigenvalue weighted by atomic mass is 15.0. The van der Waals surface area contributed by atoms with Gasteiger partial charge in [-0.2, -0.15) is 0 Å². The summed E-state index contributed by atoms with van der Waals surface area (Å²) in [5.74, 6) is 0.138. The quantitative estimate of drug-likeness (QED) is 0.219. The number of benzene rings is 7. The van der Waals surface area contributed by atoms with Crippen LogP contribution in [0.15, 0.2) is 146 Å². The number of hydrogen-bond donors (Lipinski definition) is 0. The van der Waals surface area contributed by atoms with Crippen molar-refractivity contribution in [2.24, 2.45) is 0 Å². The van der Waals surface area contributed by atoms with Crippen LogP contribution in [0, 0.1) is 0 Å². The number of para-hydroxylation sites is 1. The maximum Gasteiger partial charge on any atom is 0.0589 e. The second-order valence-electron chi connectivity index (χ2n) is 10.9. The van der Waals surface area contributed by atoms with Crippen LogP contribution >= 0.6 is 0 Å². The minimum Gasteiger partial charge on any atom is -0.309 e. The van der Waals surface area contributed by atoms with Crippen LogP contribution in [0.4, 0.5) is 0 Å². The Hall–Kier alpha value is -5.14. The predicted molar refractivity (Wildman–Crippen MR) is 169 cm³/mol. The number of nitrogens with zero attached hydrogens (tertiary/aromatic N) is 1. The summed E-state index contributed by atoms with van der Waals surface area (Å²) in [6, 6.07) is 53.6. The lowest BCUT2D eigenvalue weighted by Crippen LogP contribution is -2.03. The molecule has 1 unspecified atom stereocenters. The summed E-state index contributed by atoms with van der Waals surface area (Å²) < 4.78 is 2.51. The van der Waals surface area contributed by atoms with Crippen molar-refractivity contribution in [2.75, 3.05) is 0 Å². The molecule has 7 aromatic carbocycles. The Kier molecular flexibility index (Phi) is 4.45. The third-order valence-electron chi connectivity index (χ3n) is 8.84. The van der Waals surface area contributed by atoms with Crippen molar-refractivity contribution < 1.29 is 0 Å². The molecule has 0 aliphatic heterocycles. The van der Waals surface area contributed by atoms with E-state index in [2.05, 4.69) is 150 Å². The molecule has 0 saturated carbocycles. The summed E-state index contributed by atoms with van der Waals surface area (Å²) >= 11 is 0. The van der Waals surface area contributed by atoms with Crippen LogP contribution in [-0.2, 0) is 0 Å². The molecule has 1 aliphatic carbocycles. The van der Waals surface area contributed by atoms with E-state index in [1.54, 1.807) is 0 Å². The van der Waals surface area contributed by atoms with Crippen LogP contribution in [0.1, 0.15) is 22.6 Å². The van der Waals surface area contributed by atoms with Crippen molar-refractivity contribution in [1.82, 2.24) is 4.57 Å². The van der Waals surface area contributed by atoms with E-state index in [9.17, 15) is 0 Å². The van der Waals surface area contributed by atoms with Crippen LogP contribution in [0.2, 0.25) is 0 Å². The zero-order chi connectivity index (χ0) is 26.2. The molecule has 1 heteroatoms. The zero-order valence-electron chi connectivity index (χ0n) is 21.9. The number of fused-ring (bicyclic) bond motifs is 11. The Balaban J connectivity index is 1.52. The first kappa shape index (κ1) is 21.8. The normalized spacial score (nSPS) is 14.2. The molecule has 186 valence electrons. The molecule has 0 fully saturated rings. The molecule has 1 nitrogen and oxygen atoms in total. The highest BCUT2D eigenvalue weighted by molar-refractivity contribution is 6.23. The number of rotatable bonds is 2. The monoisotopic (exact) mass is 507 g/mol. The Morgan fingerprint density at radius 1 is 0.425 bits per heavy atom. The summed E-state index contributed by atoms with van der Waals surface area (Å²) in [6.45, 7) is 0. The molecular formula is C39H25N. The minimum atomic E-state index is 0.138. The van der Waals surface area contributed by atoms with Crippen molar-refractivity contribution in [3.8, 4) is 16.8 Å². The summed E-state index contributed by atoms with van der Waals surface area (Å²) in [5, 5.41) is 7.85. The van der Waals surface area contributed by atoms with Gasteiger partial charge < -0.3 is 4.57 Å². The summed E-state index contributed by atoms with van der Waals surface area (Å²) in [7, 11) is 0. The minimum absolute atomic E-state index is 0.138. The van der Waals surface area contributed by atoms with Gasteiger partial charge in [-0.05, 0) is 67.6 Å². The van der Waals surface area contributed by atoms with Crippen molar-refractivity contribution >= 4 is 43.4 Å². The average molecular weight is 508 g/mol. The molecule has 1 heterocycles. The highest BCUT2D eigenvalue weighted by Gasteiger charge is 2.35. The van der Waals surface area contributed by atoms with Crippen molar-refractivity contribution in [3.05, 3.63) is 162 Å². The van der Waals surface area contributed by atoms with Crippen molar-refractivity contribution in [1.29, 1.82) is 0 Å². The second kappa shape index (κ2) is 8.18. The second-order valence-corrected chi connectivity index (χ2v) is 10.9. The van der Waals surface area contributed by atoms with E-state index in [0.29, 0.717) is 0 Å². The topological polar surface area (TPSA) is 4.93 Å². The van der Waals surface area contributed by atoms with E-state index in [1.807, 2.05) is 0 Å². The zero-order valence-corrected chi connectivity index (χ0v) is 21.9. The highest BCUT2D eigenvalue weighted by Crippen LogP contribution is 2.54. The lowest BCUT2D eigenvalue weighted by atomic mass is 9.86. The van der Waals surface area contributed by atoms with Gasteiger partial charge in [-0.15, -0.1) is 0 Å². The molecule has 1 aromatic heterocycles. The van der Waals surface area contributed by atoms with Gasteiger partial charge in [0.2, 0.25) is 0 Å². The Bertz CT molecular complexity index is 2260. The smallest absolute Gasteiger partial charge is 0.0589 e. The van der Waals surface area contributed by atoms with Gasteiger partial charge in [0.15, 0.2) is 0 Å². The van der Waals surface area contributed by atoms with Gasteiger partial charge in [0.05, 0.1) is 11.0 Å². The van der Waals surface area contributed by atoms with Gasteiger partial charge >= 0.3 is 0 Å². The van der Waals surface area contributed by atoms with Crippen LogP contribution < -0.4 is 0 Å². The lowest BCUT2D eigenvalue weighted by Gasteiger charge is -2.19. The summed E-state index contributed by atoms with van der Waals surface area (Å²) in [6.07, 6.45) is 0. The van der Waals surface area contributed by atoms with Crippen molar-refractivity contribution in [3.63, 3.8) is 0 Å². The fourth-order valence-electron chi connectivity index (χ4n) is 7.24. The first-order chi connectivity index (χ1) is 19.9. The van der Waals surface area contributed by atoms with Gasteiger partial charge in [-0.25, -0.2) is 0 Å². The van der Waals surface area contributed by atoms with Crippen molar-refractivity contribution in [2.45, 2.75) is 5.92 Å². The SMILES string of the molecule is c1ccc(C2c3c(ccc4ccccc34)-c3ccc4c5c6ccccc6ccc5n(-c5ccccc5)c4c32)cc1. The molecule has 0 amide bonds. The Morgan fingerprint density at radius 3 is 1.82 bits per heavy atom. The maximum absolute atomic E-state index is 2.51. The molecule has 0 radical (unpaired) electrons. The summed E-state index contributed by atoms with van der Waals surface area (Å²) in [4.78, 5) is 0. The first-order valence-electron chi connectivity index (χ1n) is 14.0. The molecule has 0 bridgehead atoms. The standard InChI is InChI=1S/C39H25N/c1-3-13-27(14-4-1)35-37-30-18-10-8-11-25(30)19-21-31(37)32-22-23-33-36-29-17-9-7-12-26(29)20-24-34(36)40(39(33)38(32)35)28-15-5-2-6-16-28/h1-24,35H. The van der Waals surface area contributed by atoms with Crippen LogP contribution in [0.5, 0.6) is 0 Å². The molecule has 0 saturated heterocycles. The lowest BCUT2D eigenvalue weighted by molar-refractivity contribution is 1.02. The van der Waals surface area contributed by atoms with Gasteiger partial charge in [0, 0.05) is 22.4 Å². The molecule has 9 rings (SSSR count). The van der Waals surface area contributed by atoms with E-state index in [-0.39, 0.29) is 5.92 Å². The van der Waals surface area contributed by atoms with E-state index >= 15 is 0 Å². The van der Waals surface area contributed by atoms with Gasteiger partial charge in [0.1, 0.15) is 0 Å². The third kappa shape index (κ3) is 2.87. The number of aromatic nitrogens is 1. The Morgan fingerprint density at radius 2 is 1.02 bits per heavy atom. The molecule has 0 N–H and O–H groups in total. The number of hydrogen-bond acceptors (Lipinski definition) is 0. The summed E-state index contributed by atoms with van der Waals surface area (Å²) in [5.41, 5.74) is 10.6. The fraction of sp³-hybridized carbons (Fsp3) is 0.0256. The fourth-order valence-corrected chi connectivity index (χ4v) is 7.24. The van der Waals surface area contributed by atoms with E-state index in [0.717, 1.165) is 0 Å². The average Bonchev–Trinajstić information content (AvgIpc) is 3.55. The van der Waals surface area contributed by atoms with Crippen LogP contribution in [0.25, 0.3) is 60.2 Å². The van der Waals surface area contributed by atoms with E-state index in [4.69, 9.17) is 0 Å².